The molecule has 0 atom stereocenters. The summed E-state index contributed by atoms with van der Waals surface area (Å²) < 4.78 is 18.6. The lowest BCUT2D eigenvalue weighted by atomic mass is 10.1. The second-order valence-corrected chi connectivity index (χ2v) is 5.33. The quantitative estimate of drug-likeness (QED) is 0.882. The molecule has 2 aromatic carbocycles. The third-order valence-corrected chi connectivity index (χ3v) is 3.67. The van der Waals surface area contributed by atoms with Crippen molar-refractivity contribution in [3.63, 3.8) is 0 Å². The first kappa shape index (κ1) is 15.7. The number of nitrogens with one attached hydrogen (secondary N) is 1. The molecule has 0 heterocycles. The minimum absolute atomic E-state index is 0.285. The maximum absolute atomic E-state index is 13.1. The number of carbonyl (C=O) groups excluding carboxylic acids is 1. The maximum atomic E-state index is 13.1. The third kappa shape index (κ3) is 4.12. The summed E-state index contributed by atoms with van der Waals surface area (Å²) in [5, 5.41) is 2.85. The molecular weight excluding hydrogens is 337 g/mol. The van der Waals surface area contributed by atoms with Gasteiger partial charge in [-0.3, -0.25) is 4.79 Å². The predicted molar refractivity (Wildman–Crippen MR) is 84.1 cm³/mol. The van der Waals surface area contributed by atoms with E-state index in [4.69, 9.17) is 4.74 Å². The van der Waals surface area contributed by atoms with E-state index < -0.39 is 0 Å². The Labute approximate surface area is 131 Å². The fraction of sp³-hybridized carbons (Fsp3) is 0.188. The number of benzene rings is 2. The molecule has 0 unspecified atom stereocenters. The smallest absolute Gasteiger partial charge is 0.256 e. The molecule has 5 heteroatoms. The number of para-hydroxylation sites is 1. The van der Waals surface area contributed by atoms with Gasteiger partial charge in [-0.2, -0.15) is 0 Å². The summed E-state index contributed by atoms with van der Waals surface area (Å²) in [5.74, 6) is -0.675. The normalized spacial score (nSPS) is 10.4. The number of hydrogen-bond donors (Lipinski definition) is 1. The Bertz CT molecular complexity index is 646. The molecule has 0 saturated carbocycles. The molecule has 0 saturated heterocycles. The van der Waals surface area contributed by atoms with Gasteiger partial charge in [0.25, 0.3) is 5.91 Å². The maximum Gasteiger partial charge on any atom is 0.256 e. The Morgan fingerprint density at radius 1 is 1.29 bits per heavy atom. The van der Waals surface area contributed by atoms with Crippen LogP contribution < -0.4 is 5.32 Å². The largest absolute Gasteiger partial charge is 0.384 e. The zero-order valence-corrected chi connectivity index (χ0v) is 13.1. The Kier molecular flexibility index (Phi) is 5.47. The average Bonchev–Trinajstić information content (AvgIpc) is 2.46. The topological polar surface area (TPSA) is 38.3 Å². The lowest BCUT2D eigenvalue weighted by Crippen LogP contribution is -2.14. The molecule has 110 valence electrons. The summed E-state index contributed by atoms with van der Waals surface area (Å²) in [6, 6.07) is 11.5. The summed E-state index contributed by atoms with van der Waals surface area (Å²) in [7, 11) is 1.64. The average molecular weight is 352 g/mol. The molecule has 0 aliphatic rings. The van der Waals surface area contributed by atoms with Crippen LogP contribution in [0, 0.1) is 5.82 Å². The van der Waals surface area contributed by atoms with Gasteiger partial charge in [0.1, 0.15) is 5.82 Å². The Morgan fingerprint density at radius 2 is 2.05 bits per heavy atom. The highest BCUT2D eigenvalue weighted by molar-refractivity contribution is 9.10. The summed E-state index contributed by atoms with van der Waals surface area (Å²) in [6.45, 7) is 0.577. The van der Waals surface area contributed by atoms with Crippen molar-refractivity contribution in [3.05, 3.63) is 63.9 Å². The lowest BCUT2D eigenvalue weighted by molar-refractivity contribution is 0.102. The highest BCUT2D eigenvalue weighted by Crippen LogP contribution is 2.21. The van der Waals surface area contributed by atoms with Gasteiger partial charge in [-0.05, 0) is 52.2 Å². The van der Waals surface area contributed by atoms with Gasteiger partial charge in [0.05, 0.1) is 12.2 Å². The highest BCUT2D eigenvalue weighted by atomic mass is 79.9. The van der Waals surface area contributed by atoms with E-state index in [1.807, 2.05) is 24.3 Å². The number of hydrogen-bond acceptors (Lipinski definition) is 2. The van der Waals surface area contributed by atoms with Crippen LogP contribution in [0.2, 0.25) is 0 Å². The SMILES string of the molecule is COCCc1ccccc1NC(=O)c1ccc(F)cc1Br. The number of ether oxygens (including phenoxy) is 1. The molecule has 3 nitrogen and oxygen atoms in total. The summed E-state index contributed by atoms with van der Waals surface area (Å²) >= 11 is 3.20. The van der Waals surface area contributed by atoms with Crippen molar-refractivity contribution in [2.45, 2.75) is 6.42 Å². The summed E-state index contributed by atoms with van der Waals surface area (Å²) in [5.41, 5.74) is 2.11. The molecule has 0 radical (unpaired) electrons. The zero-order valence-electron chi connectivity index (χ0n) is 11.5. The van der Waals surface area contributed by atoms with Crippen LogP contribution in [0.1, 0.15) is 15.9 Å². The molecule has 0 aliphatic heterocycles. The molecule has 0 bridgehead atoms. The molecular formula is C16H15BrFNO2. The van der Waals surface area contributed by atoms with E-state index in [2.05, 4.69) is 21.2 Å². The van der Waals surface area contributed by atoms with Crippen molar-refractivity contribution in [2.75, 3.05) is 19.0 Å². The second kappa shape index (κ2) is 7.33. The number of methoxy groups -OCH3 is 1. The Balaban J connectivity index is 2.19. The van der Waals surface area contributed by atoms with Gasteiger partial charge in [-0.25, -0.2) is 4.39 Å². The van der Waals surface area contributed by atoms with E-state index in [-0.39, 0.29) is 11.7 Å². The van der Waals surface area contributed by atoms with E-state index in [0.29, 0.717) is 23.1 Å². The van der Waals surface area contributed by atoms with Gasteiger partial charge in [-0.15, -0.1) is 0 Å². The minimum atomic E-state index is -0.390. The first-order valence-corrected chi connectivity index (χ1v) is 7.24. The fourth-order valence-electron chi connectivity index (χ4n) is 1.94. The van der Waals surface area contributed by atoms with Crippen LogP contribution in [-0.4, -0.2) is 19.6 Å². The molecule has 2 rings (SSSR count). The van der Waals surface area contributed by atoms with Crippen molar-refractivity contribution in [3.8, 4) is 0 Å². The summed E-state index contributed by atoms with van der Waals surface area (Å²) in [4.78, 5) is 12.3. The van der Waals surface area contributed by atoms with Gasteiger partial charge in [0.2, 0.25) is 0 Å². The van der Waals surface area contributed by atoms with Crippen molar-refractivity contribution in [1.82, 2.24) is 0 Å². The Hall–Kier alpha value is -1.72. The van der Waals surface area contributed by atoms with Crippen LogP contribution in [0.15, 0.2) is 46.9 Å². The minimum Gasteiger partial charge on any atom is -0.384 e. The van der Waals surface area contributed by atoms with Crippen molar-refractivity contribution >= 4 is 27.5 Å². The lowest BCUT2D eigenvalue weighted by Gasteiger charge is -2.11. The predicted octanol–water partition coefficient (Wildman–Crippen LogP) is 4.03. The number of amides is 1. The highest BCUT2D eigenvalue weighted by Gasteiger charge is 2.12. The van der Waals surface area contributed by atoms with E-state index in [0.717, 1.165) is 11.3 Å². The third-order valence-electron chi connectivity index (χ3n) is 3.02. The van der Waals surface area contributed by atoms with Gasteiger partial charge < -0.3 is 10.1 Å². The van der Waals surface area contributed by atoms with Gasteiger partial charge in [0.15, 0.2) is 0 Å². The molecule has 0 fully saturated rings. The molecule has 0 aromatic heterocycles. The van der Waals surface area contributed by atoms with Crippen molar-refractivity contribution in [1.29, 1.82) is 0 Å². The van der Waals surface area contributed by atoms with Gasteiger partial charge in [-0.1, -0.05) is 18.2 Å². The van der Waals surface area contributed by atoms with Crippen LogP contribution in [-0.2, 0) is 11.2 Å². The monoisotopic (exact) mass is 351 g/mol. The van der Waals surface area contributed by atoms with Crippen LogP contribution in [0.25, 0.3) is 0 Å². The first-order valence-electron chi connectivity index (χ1n) is 6.45. The van der Waals surface area contributed by atoms with E-state index in [1.165, 1.54) is 18.2 Å². The van der Waals surface area contributed by atoms with Gasteiger partial charge in [0, 0.05) is 17.3 Å². The van der Waals surface area contributed by atoms with E-state index in [9.17, 15) is 9.18 Å². The molecule has 0 aliphatic carbocycles. The number of halogens is 2. The molecule has 1 N–H and O–H groups in total. The first-order chi connectivity index (χ1) is 10.1. The number of carbonyl (C=O) groups is 1. The number of rotatable bonds is 5. The molecule has 21 heavy (non-hydrogen) atoms. The second-order valence-electron chi connectivity index (χ2n) is 4.48. The van der Waals surface area contributed by atoms with Crippen LogP contribution >= 0.6 is 15.9 Å². The van der Waals surface area contributed by atoms with Crippen molar-refractivity contribution in [2.24, 2.45) is 0 Å². The standard InChI is InChI=1S/C16H15BrFNO2/c1-21-9-8-11-4-2-3-5-15(11)19-16(20)13-7-6-12(18)10-14(13)17/h2-7,10H,8-9H2,1H3,(H,19,20). The summed E-state index contributed by atoms with van der Waals surface area (Å²) in [6.07, 6.45) is 0.706. The molecule has 1 amide bonds. The molecule has 2 aromatic rings. The van der Waals surface area contributed by atoms with E-state index >= 15 is 0 Å². The number of anilines is 1. The van der Waals surface area contributed by atoms with Crippen LogP contribution in [0.3, 0.4) is 0 Å². The zero-order chi connectivity index (χ0) is 15.2. The fourth-order valence-corrected chi connectivity index (χ4v) is 2.47. The van der Waals surface area contributed by atoms with Gasteiger partial charge >= 0.3 is 0 Å². The van der Waals surface area contributed by atoms with Crippen LogP contribution in [0.4, 0.5) is 10.1 Å². The molecule has 0 spiro atoms. The van der Waals surface area contributed by atoms with Crippen molar-refractivity contribution < 1.29 is 13.9 Å². The Morgan fingerprint density at radius 3 is 2.76 bits per heavy atom. The van der Waals surface area contributed by atoms with Crippen LogP contribution in [0.5, 0.6) is 0 Å². The van der Waals surface area contributed by atoms with E-state index in [1.54, 1.807) is 7.11 Å².